The predicted molar refractivity (Wildman–Crippen MR) is 46.6 cm³/mol. The Labute approximate surface area is 71.2 Å². The molecule has 1 atom stereocenters. The smallest absolute Gasteiger partial charge is 0.220 e. The first kappa shape index (κ1) is 7.49. The second kappa shape index (κ2) is 2.71. The summed E-state index contributed by atoms with van der Waals surface area (Å²) in [5.74, 6) is 0.371. The van der Waals surface area contributed by atoms with E-state index >= 15 is 0 Å². The minimum atomic E-state index is 0.366. The van der Waals surface area contributed by atoms with E-state index in [1.165, 1.54) is 5.56 Å². The Bertz CT molecular complexity index is 297. The van der Waals surface area contributed by atoms with Crippen molar-refractivity contribution < 1.29 is 0 Å². The van der Waals surface area contributed by atoms with Crippen LogP contribution in [0, 0.1) is 0 Å². The largest absolute Gasteiger partial charge is 0.368 e. The van der Waals surface area contributed by atoms with Crippen LogP contribution >= 0.6 is 0 Å². The summed E-state index contributed by atoms with van der Waals surface area (Å²) < 4.78 is 0. The van der Waals surface area contributed by atoms with Crippen LogP contribution in [0.2, 0.25) is 0 Å². The molecule has 4 nitrogen and oxygen atoms in total. The van der Waals surface area contributed by atoms with Crippen molar-refractivity contribution in [2.75, 3.05) is 12.8 Å². The molecule has 1 aromatic heterocycles. The van der Waals surface area contributed by atoms with Crippen LogP contribution in [0.25, 0.3) is 0 Å². The number of nitrogens with zero attached hydrogens (tertiary/aromatic N) is 2. The molecule has 0 radical (unpaired) electrons. The highest BCUT2D eigenvalue weighted by atomic mass is 15.0. The van der Waals surface area contributed by atoms with E-state index in [1.54, 1.807) is 0 Å². The highest BCUT2D eigenvalue weighted by Gasteiger charge is 2.22. The Hall–Kier alpha value is -1.16. The third-order valence-corrected chi connectivity index (χ3v) is 2.30. The monoisotopic (exact) mass is 164 g/mol. The van der Waals surface area contributed by atoms with Gasteiger partial charge in [0.2, 0.25) is 5.95 Å². The lowest BCUT2D eigenvalue weighted by molar-refractivity contribution is 0.579. The van der Waals surface area contributed by atoms with Crippen molar-refractivity contribution >= 4 is 5.95 Å². The van der Waals surface area contributed by atoms with Crippen molar-refractivity contribution in [1.29, 1.82) is 0 Å². The van der Waals surface area contributed by atoms with E-state index in [2.05, 4.69) is 15.3 Å². The molecule has 0 aliphatic heterocycles. The first-order chi connectivity index (χ1) is 5.81. The summed E-state index contributed by atoms with van der Waals surface area (Å²) in [7, 11) is 1.94. The van der Waals surface area contributed by atoms with Gasteiger partial charge in [0.15, 0.2) is 0 Å². The molecule has 1 aliphatic carbocycles. The lowest BCUT2D eigenvalue weighted by atomic mass is 10.2. The van der Waals surface area contributed by atoms with Gasteiger partial charge in [0.05, 0.1) is 11.7 Å². The molecule has 64 valence electrons. The molecule has 1 unspecified atom stereocenters. The molecule has 0 bridgehead atoms. The van der Waals surface area contributed by atoms with Crippen molar-refractivity contribution in [3.63, 3.8) is 0 Å². The van der Waals surface area contributed by atoms with Gasteiger partial charge in [-0.25, -0.2) is 9.97 Å². The lowest BCUT2D eigenvalue weighted by Gasteiger charge is -2.07. The maximum absolute atomic E-state index is 5.50. The molecule has 0 saturated heterocycles. The summed E-state index contributed by atoms with van der Waals surface area (Å²) in [4.78, 5) is 8.17. The Balaban J connectivity index is 2.42. The number of fused-ring (bicyclic) bond motifs is 1. The zero-order chi connectivity index (χ0) is 8.55. The normalized spacial score (nSPS) is 20.9. The summed E-state index contributed by atoms with van der Waals surface area (Å²) in [6.07, 6.45) is 3.99. The first-order valence-corrected chi connectivity index (χ1v) is 4.10. The number of nitrogens with one attached hydrogen (secondary N) is 1. The number of aromatic nitrogens is 2. The van der Waals surface area contributed by atoms with Gasteiger partial charge in [-0.2, -0.15) is 0 Å². The molecule has 1 heterocycles. The molecule has 1 aromatic rings. The molecule has 1 aliphatic rings. The zero-order valence-electron chi connectivity index (χ0n) is 7.04. The van der Waals surface area contributed by atoms with Crippen molar-refractivity contribution in [3.05, 3.63) is 17.5 Å². The van der Waals surface area contributed by atoms with Gasteiger partial charge in [0.1, 0.15) is 0 Å². The number of nitrogens with two attached hydrogens (primary N) is 1. The zero-order valence-corrected chi connectivity index (χ0v) is 7.04. The maximum Gasteiger partial charge on any atom is 0.220 e. The van der Waals surface area contributed by atoms with Crippen LogP contribution < -0.4 is 11.1 Å². The summed E-state index contributed by atoms with van der Waals surface area (Å²) in [6, 6.07) is 0.366. The average Bonchev–Trinajstić information content (AvgIpc) is 2.46. The number of nitrogen functional groups attached to an aromatic ring is 1. The molecule has 0 spiro atoms. The van der Waals surface area contributed by atoms with Crippen LogP contribution in [-0.2, 0) is 6.42 Å². The third kappa shape index (κ3) is 1.04. The van der Waals surface area contributed by atoms with Gasteiger partial charge >= 0.3 is 0 Å². The van der Waals surface area contributed by atoms with Gasteiger partial charge in [0.25, 0.3) is 0 Å². The minimum absolute atomic E-state index is 0.366. The van der Waals surface area contributed by atoms with Crippen molar-refractivity contribution in [1.82, 2.24) is 15.3 Å². The van der Waals surface area contributed by atoms with Gasteiger partial charge in [0, 0.05) is 6.20 Å². The molecule has 4 heteroatoms. The number of hydrogen-bond acceptors (Lipinski definition) is 4. The molecular formula is C8H12N4. The van der Waals surface area contributed by atoms with E-state index in [4.69, 9.17) is 5.73 Å². The molecular weight excluding hydrogens is 152 g/mol. The van der Waals surface area contributed by atoms with Gasteiger partial charge in [-0.05, 0) is 25.5 Å². The summed E-state index contributed by atoms with van der Waals surface area (Å²) in [5, 5.41) is 3.20. The van der Waals surface area contributed by atoms with Gasteiger partial charge < -0.3 is 11.1 Å². The van der Waals surface area contributed by atoms with Gasteiger partial charge in [-0.1, -0.05) is 0 Å². The lowest BCUT2D eigenvalue weighted by Crippen LogP contribution is -2.14. The number of aryl methyl sites for hydroxylation is 1. The van der Waals surface area contributed by atoms with Gasteiger partial charge in [-0.3, -0.25) is 0 Å². The minimum Gasteiger partial charge on any atom is -0.368 e. The van der Waals surface area contributed by atoms with Crippen molar-refractivity contribution in [2.24, 2.45) is 0 Å². The fraction of sp³-hybridized carbons (Fsp3) is 0.500. The number of anilines is 1. The standard InChI is InChI=1S/C8H12N4/c1-10-6-3-2-5-4-11-8(9)12-7(5)6/h4,6,10H,2-3H2,1H3,(H2,9,11,12). The summed E-state index contributed by atoms with van der Waals surface area (Å²) in [5.41, 5.74) is 7.80. The van der Waals surface area contributed by atoms with Crippen LogP contribution in [-0.4, -0.2) is 17.0 Å². The molecule has 2 rings (SSSR count). The second-order valence-electron chi connectivity index (χ2n) is 3.02. The average molecular weight is 164 g/mol. The summed E-state index contributed by atoms with van der Waals surface area (Å²) in [6.45, 7) is 0. The van der Waals surface area contributed by atoms with Crippen molar-refractivity contribution in [2.45, 2.75) is 18.9 Å². The quantitative estimate of drug-likeness (QED) is 0.625. The van der Waals surface area contributed by atoms with E-state index in [0.29, 0.717) is 12.0 Å². The van der Waals surface area contributed by atoms with E-state index < -0.39 is 0 Å². The Kier molecular flexibility index (Phi) is 1.69. The molecule has 0 aromatic carbocycles. The summed E-state index contributed by atoms with van der Waals surface area (Å²) >= 11 is 0. The van der Waals surface area contributed by atoms with E-state index in [0.717, 1.165) is 18.5 Å². The molecule has 0 saturated carbocycles. The van der Waals surface area contributed by atoms with Crippen molar-refractivity contribution in [3.8, 4) is 0 Å². The third-order valence-electron chi connectivity index (χ3n) is 2.30. The molecule has 12 heavy (non-hydrogen) atoms. The molecule has 0 fully saturated rings. The second-order valence-corrected chi connectivity index (χ2v) is 3.02. The topological polar surface area (TPSA) is 63.8 Å². The van der Waals surface area contributed by atoms with E-state index in [-0.39, 0.29) is 0 Å². The van der Waals surface area contributed by atoms with E-state index in [1.807, 2.05) is 13.2 Å². The SMILES string of the molecule is CNC1CCc2cnc(N)nc21. The fourth-order valence-corrected chi connectivity index (χ4v) is 1.65. The molecule has 0 amide bonds. The predicted octanol–water partition coefficient (Wildman–Crippen LogP) is 0.265. The Morgan fingerprint density at radius 2 is 2.50 bits per heavy atom. The van der Waals surface area contributed by atoms with Crippen LogP contribution in [0.1, 0.15) is 23.7 Å². The van der Waals surface area contributed by atoms with Crippen LogP contribution in [0.3, 0.4) is 0 Å². The maximum atomic E-state index is 5.50. The fourth-order valence-electron chi connectivity index (χ4n) is 1.65. The Morgan fingerprint density at radius 3 is 3.25 bits per heavy atom. The molecule has 3 N–H and O–H groups in total. The highest BCUT2D eigenvalue weighted by Crippen LogP contribution is 2.28. The van der Waals surface area contributed by atoms with Crippen LogP contribution in [0.5, 0.6) is 0 Å². The van der Waals surface area contributed by atoms with Gasteiger partial charge in [-0.15, -0.1) is 0 Å². The number of hydrogen-bond donors (Lipinski definition) is 2. The number of rotatable bonds is 1. The van der Waals surface area contributed by atoms with Crippen LogP contribution in [0.4, 0.5) is 5.95 Å². The van der Waals surface area contributed by atoms with Crippen LogP contribution in [0.15, 0.2) is 6.20 Å². The van der Waals surface area contributed by atoms with E-state index in [9.17, 15) is 0 Å². The highest BCUT2D eigenvalue weighted by molar-refractivity contribution is 5.31. The Morgan fingerprint density at radius 1 is 1.67 bits per heavy atom. The first-order valence-electron chi connectivity index (χ1n) is 4.10.